The maximum atomic E-state index is 12.5. The molecule has 0 spiro atoms. The lowest BCUT2D eigenvalue weighted by Gasteiger charge is -2.21. The molecule has 124 valence electrons. The van der Waals surface area contributed by atoms with E-state index in [1.54, 1.807) is 0 Å². The van der Waals surface area contributed by atoms with Crippen molar-refractivity contribution in [1.82, 2.24) is 10.3 Å². The number of nitrogens with two attached hydrogens (primary N) is 1. The molecule has 1 saturated carbocycles. The van der Waals surface area contributed by atoms with Gasteiger partial charge in [-0.1, -0.05) is 30.9 Å². The summed E-state index contributed by atoms with van der Waals surface area (Å²) in [6.07, 6.45) is 6.27. The summed E-state index contributed by atoms with van der Waals surface area (Å²) >= 11 is 7.62. The van der Waals surface area contributed by atoms with Crippen molar-refractivity contribution in [3.05, 3.63) is 21.2 Å². The van der Waals surface area contributed by atoms with E-state index in [0.29, 0.717) is 21.5 Å². The van der Waals surface area contributed by atoms with E-state index in [1.807, 2.05) is 13.8 Å². The van der Waals surface area contributed by atoms with E-state index < -0.39 is 0 Å². The fourth-order valence-corrected chi connectivity index (χ4v) is 4.59. The Balaban J connectivity index is 1.83. The van der Waals surface area contributed by atoms with Crippen molar-refractivity contribution in [3.8, 4) is 0 Å². The van der Waals surface area contributed by atoms with Crippen molar-refractivity contribution < 1.29 is 4.79 Å². The van der Waals surface area contributed by atoms with Gasteiger partial charge in [0.2, 0.25) is 0 Å². The summed E-state index contributed by atoms with van der Waals surface area (Å²) in [4.78, 5) is 18.3. The van der Waals surface area contributed by atoms with Crippen molar-refractivity contribution in [2.24, 2.45) is 5.92 Å². The number of rotatable bonds is 3. The van der Waals surface area contributed by atoms with E-state index in [0.717, 1.165) is 28.0 Å². The van der Waals surface area contributed by atoms with Crippen LogP contribution in [0.15, 0.2) is 0 Å². The Bertz CT molecular complexity index is 750. The van der Waals surface area contributed by atoms with Crippen LogP contribution in [0.5, 0.6) is 0 Å². The predicted octanol–water partition coefficient (Wildman–Crippen LogP) is 4.46. The molecule has 23 heavy (non-hydrogen) atoms. The molecule has 1 aliphatic carbocycles. The number of hydrogen-bond donors (Lipinski definition) is 2. The van der Waals surface area contributed by atoms with Crippen LogP contribution in [0.1, 0.15) is 53.0 Å². The van der Waals surface area contributed by atoms with Crippen LogP contribution in [0.25, 0.3) is 10.2 Å². The van der Waals surface area contributed by atoms with E-state index >= 15 is 0 Å². The molecule has 1 aliphatic rings. The number of pyridine rings is 1. The third kappa shape index (κ3) is 3.17. The zero-order valence-electron chi connectivity index (χ0n) is 13.5. The van der Waals surface area contributed by atoms with Crippen LogP contribution in [0.4, 0.5) is 5.69 Å². The first-order valence-corrected chi connectivity index (χ1v) is 9.31. The first kappa shape index (κ1) is 16.5. The molecular weight excluding hydrogens is 330 g/mol. The van der Waals surface area contributed by atoms with Gasteiger partial charge in [0.05, 0.1) is 16.4 Å². The summed E-state index contributed by atoms with van der Waals surface area (Å²) in [5, 5.41) is 4.48. The number of nitrogen functional groups attached to an aromatic ring is 1. The van der Waals surface area contributed by atoms with E-state index in [1.165, 1.54) is 43.4 Å². The van der Waals surface area contributed by atoms with Crippen molar-refractivity contribution in [3.63, 3.8) is 0 Å². The second-order valence-electron chi connectivity index (χ2n) is 6.38. The number of anilines is 1. The minimum absolute atomic E-state index is 0.0933. The number of halogens is 1. The Morgan fingerprint density at radius 2 is 2.04 bits per heavy atom. The van der Waals surface area contributed by atoms with Crippen LogP contribution in [-0.2, 0) is 0 Å². The Morgan fingerprint density at radius 1 is 1.35 bits per heavy atom. The van der Waals surface area contributed by atoms with Gasteiger partial charge in [-0.05, 0) is 38.2 Å². The van der Waals surface area contributed by atoms with Gasteiger partial charge in [0.25, 0.3) is 5.91 Å². The van der Waals surface area contributed by atoms with E-state index in [4.69, 9.17) is 17.3 Å². The minimum Gasteiger partial charge on any atom is -0.397 e. The van der Waals surface area contributed by atoms with Gasteiger partial charge in [-0.3, -0.25) is 4.79 Å². The van der Waals surface area contributed by atoms with Gasteiger partial charge in [0.1, 0.15) is 9.71 Å². The molecule has 0 unspecified atom stereocenters. The lowest BCUT2D eigenvalue weighted by molar-refractivity contribution is 0.0948. The average Bonchev–Trinajstić information content (AvgIpc) is 2.88. The summed E-state index contributed by atoms with van der Waals surface area (Å²) in [7, 11) is 0. The van der Waals surface area contributed by atoms with Crippen molar-refractivity contribution in [2.45, 2.75) is 46.0 Å². The van der Waals surface area contributed by atoms with E-state index in [9.17, 15) is 4.79 Å². The van der Waals surface area contributed by atoms with Gasteiger partial charge in [0.15, 0.2) is 0 Å². The van der Waals surface area contributed by atoms with Crippen LogP contribution in [-0.4, -0.2) is 17.4 Å². The zero-order valence-corrected chi connectivity index (χ0v) is 15.1. The molecule has 6 heteroatoms. The lowest BCUT2D eigenvalue weighted by atomic mass is 9.89. The molecule has 0 radical (unpaired) electrons. The number of carbonyl (C=O) groups is 1. The van der Waals surface area contributed by atoms with Gasteiger partial charge in [-0.25, -0.2) is 4.98 Å². The van der Waals surface area contributed by atoms with Crippen LogP contribution in [0.2, 0.25) is 5.02 Å². The van der Waals surface area contributed by atoms with Gasteiger partial charge in [0, 0.05) is 11.9 Å². The monoisotopic (exact) mass is 351 g/mol. The van der Waals surface area contributed by atoms with Crippen molar-refractivity contribution >= 4 is 44.7 Å². The second-order valence-corrected chi connectivity index (χ2v) is 7.75. The summed E-state index contributed by atoms with van der Waals surface area (Å²) in [5.74, 6) is 0.504. The molecule has 1 fully saturated rings. The normalized spacial score (nSPS) is 16.0. The molecule has 3 rings (SSSR count). The molecule has 0 aromatic carbocycles. The molecule has 4 nitrogen and oxygen atoms in total. The summed E-state index contributed by atoms with van der Waals surface area (Å²) < 4.78 is 0. The smallest absolute Gasteiger partial charge is 0.263 e. The highest BCUT2D eigenvalue weighted by molar-refractivity contribution is 7.21. The number of nitrogens with zero attached hydrogens (tertiary/aromatic N) is 1. The van der Waals surface area contributed by atoms with Crippen molar-refractivity contribution in [2.75, 3.05) is 12.3 Å². The van der Waals surface area contributed by atoms with Crippen LogP contribution in [0.3, 0.4) is 0 Å². The maximum absolute atomic E-state index is 12.5. The number of aromatic nitrogens is 1. The second kappa shape index (κ2) is 6.65. The fraction of sp³-hybridized carbons (Fsp3) is 0.529. The standard InChI is InChI=1S/C17H22ClN3OS/c1-9-12-14(19)15(23-17(12)21-10(2)13(9)18)16(22)20-8-11-6-4-3-5-7-11/h11H,3-8,19H2,1-2H3,(H,20,22). The predicted molar refractivity (Wildman–Crippen MR) is 97.4 cm³/mol. The van der Waals surface area contributed by atoms with Gasteiger partial charge < -0.3 is 11.1 Å². The van der Waals surface area contributed by atoms with E-state index in [2.05, 4.69) is 10.3 Å². The molecule has 3 N–H and O–H groups in total. The quantitative estimate of drug-likeness (QED) is 0.857. The minimum atomic E-state index is -0.0933. The van der Waals surface area contributed by atoms with Crippen LogP contribution >= 0.6 is 22.9 Å². The Hall–Kier alpha value is -1.33. The first-order valence-electron chi connectivity index (χ1n) is 8.12. The van der Waals surface area contributed by atoms with Gasteiger partial charge >= 0.3 is 0 Å². The average molecular weight is 352 g/mol. The topological polar surface area (TPSA) is 68.0 Å². The zero-order chi connectivity index (χ0) is 16.6. The number of fused-ring (bicyclic) bond motifs is 1. The summed E-state index contributed by atoms with van der Waals surface area (Å²) in [6.45, 7) is 4.53. The summed E-state index contributed by atoms with van der Waals surface area (Å²) in [6, 6.07) is 0. The highest BCUT2D eigenvalue weighted by atomic mass is 35.5. The number of thiophene rings is 1. The molecular formula is C17H22ClN3OS. The molecule has 2 aromatic rings. The fourth-order valence-electron chi connectivity index (χ4n) is 3.33. The number of aryl methyl sites for hydroxylation is 2. The third-order valence-corrected chi connectivity index (χ3v) is 6.36. The molecule has 0 bridgehead atoms. The molecule has 0 saturated heterocycles. The maximum Gasteiger partial charge on any atom is 0.263 e. The van der Waals surface area contributed by atoms with Crippen LogP contribution in [0, 0.1) is 19.8 Å². The number of amides is 1. The summed E-state index contributed by atoms with van der Waals surface area (Å²) in [5.41, 5.74) is 8.39. The largest absolute Gasteiger partial charge is 0.397 e. The highest BCUT2D eigenvalue weighted by Gasteiger charge is 2.22. The molecule has 2 aromatic heterocycles. The molecule has 0 atom stereocenters. The molecule has 1 amide bonds. The number of hydrogen-bond acceptors (Lipinski definition) is 4. The molecule has 2 heterocycles. The van der Waals surface area contributed by atoms with Gasteiger partial charge in [-0.2, -0.15) is 0 Å². The number of carbonyl (C=O) groups excluding carboxylic acids is 1. The number of nitrogens with one attached hydrogen (secondary N) is 1. The lowest BCUT2D eigenvalue weighted by Crippen LogP contribution is -2.30. The highest BCUT2D eigenvalue weighted by Crippen LogP contribution is 2.38. The third-order valence-electron chi connectivity index (χ3n) is 4.70. The van der Waals surface area contributed by atoms with Crippen molar-refractivity contribution in [1.29, 1.82) is 0 Å². The van der Waals surface area contributed by atoms with E-state index in [-0.39, 0.29) is 5.91 Å². The Labute approximate surface area is 145 Å². The Morgan fingerprint density at radius 3 is 2.74 bits per heavy atom. The Kier molecular flexibility index (Phi) is 4.78. The molecule has 0 aliphatic heterocycles. The first-order chi connectivity index (χ1) is 11.0. The van der Waals surface area contributed by atoms with Gasteiger partial charge in [-0.15, -0.1) is 11.3 Å². The van der Waals surface area contributed by atoms with Crippen LogP contribution < -0.4 is 11.1 Å². The SMILES string of the molecule is Cc1nc2sc(C(=O)NCC3CCCCC3)c(N)c2c(C)c1Cl.